The zero-order valence-electron chi connectivity index (χ0n) is 34.7. The van der Waals surface area contributed by atoms with Gasteiger partial charge in [0.25, 0.3) is 0 Å². The first-order valence-corrected chi connectivity index (χ1v) is 23.9. The average Bonchev–Trinajstić information content (AvgIpc) is 3.22. The highest BCUT2D eigenvalue weighted by atomic mass is 32.2. The molecule has 0 amide bonds. The van der Waals surface area contributed by atoms with Crippen LogP contribution in [0.25, 0.3) is 0 Å². The lowest BCUT2D eigenvalue weighted by atomic mass is 10.4. The Kier molecular flexibility index (Phi) is 103. The summed E-state index contributed by atoms with van der Waals surface area (Å²) in [7, 11) is 0. The summed E-state index contributed by atoms with van der Waals surface area (Å²) >= 11 is 5.10. The van der Waals surface area contributed by atoms with E-state index in [0.29, 0.717) is 181 Å². The smallest absolute Gasteiger partial charge is 0.188 e. The van der Waals surface area contributed by atoms with Crippen LogP contribution < -0.4 is 0 Å². The molecule has 0 aromatic heterocycles. The lowest BCUT2D eigenvalue weighted by molar-refractivity contribution is -0.111. The van der Waals surface area contributed by atoms with Crippen molar-refractivity contribution >= 4 is 67.5 Å². The van der Waals surface area contributed by atoms with Crippen LogP contribution in [-0.2, 0) is 71.3 Å². The molecule has 0 bridgehead atoms. The minimum absolute atomic E-state index is 0. The van der Waals surface area contributed by atoms with E-state index < -0.39 is 0 Å². The summed E-state index contributed by atoms with van der Waals surface area (Å²) in [6.07, 6.45) is 1.38. The van der Waals surface area contributed by atoms with Crippen molar-refractivity contribution in [2.24, 2.45) is 0 Å². The fourth-order valence-electron chi connectivity index (χ4n) is 3.94. The molecule has 0 aliphatic carbocycles. The average molecular weight is 1060 g/mol. The number of hydrogen-bond donors (Lipinski definition) is 0. The molecular weight excluding hydrogens is 945 g/mol. The number of rotatable bonds is 44. The van der Waals surface area contributed by atoms with Gasteiger partial charge in [-0.15, -0.1) is 0 Å². The van der Waals surface area contributed by atoms with Crippen LogP contribution in [0.5, 0.6) is 0 Å². The van der Waals surface area contributed by atoms with Crippen LogP contribution in [0.1, 0.15) is 128 Å². The van der Waals surface area contributed by atoms with Gasteiger partial charge in [-0.25, -0.2) is 0 Å². The predicted octanol–water partition coefficient (Wildman–Crippen LogP) is 10.9. The van der Waals surface area contributed by atoms with Crippen molar-refractivity contribution in [1.82, 2.24) is 0 Å². The second-order valence-electron chi connectivity index (χ2n) is 11.6. The summed E-state index contributed by atoms with van der Waals surface area (Å²) in [5.41, 5.74) is 0. The molecule has 0 aliphatic heterocycles. The normalized spacial score (nSPS) is 9.88. The standard InChI is InChI=1S/C38H70O15S4.10CH4/c1-5-35(39)54-25-21-44-9-13-48-29-33(30-49-14-10-45-22-26-55-36(40)6-2)52-19-17-43-18-20-53-34(31-50-15-11-46-23-27-56-37(41)7-3)32-51-16-12-47-24-28-57-38(42)8-4;;;;;;;;;;/h33-34H,5-32H2,1-4H3;10*1H4. The van der Waals surface area contributed by atoms with Crippen LogP contribution in [0.3, 0.4) is 0 Å². The highest BCUT2D eigenvalue weighted by molar-refractivity contribution is 8.14. The van der Waals surface area contributed by atoms with Gasteiger partial charge < -0.3 is 52.1 Å². The summed E-state index contributed by atoms with van der Waals surface area (Å²) < 4.78 is 63.0. The minimum Gasteiger partial charge on any atom is -0.378 e. The van der Waals surface area contributed by atoms with Gasteiger partial charge in [0.15, 0.2) is 20.5 Å². The largest absolute Gasteiger partial charge is 0.378 e. The Morgan fingerprint density at radius 3 is 0.672 bits per heavy atom. The van der Waals surface area contributed by atoms with Crippen LogP contribution in [0.4, 0.5) is 0 Å². The second-order valence-corrected chi connectivity index (χ2v) is 16.3. The van der Waals surface area contributed by atoms with Crippen LogP contribution >= 0.6 is 47.0 Å². The molecule has 19 heteroatoms. The Labute approximate surface area is 431 Å². The van der Waals surface area contributed by atoms with Crippen LogP contribution in [-0.4, -0.2) is 188 Å². The topological polar surface area (TPSA) is 170 Å². The van der Waals surface area contributed by atoms with Crippen LogP contribution in [0, 0.1) is 0 Å². The lowest BCUT2D eigenvalue weighted by Gasteiger charge is -2.19. The zero-order chi connectivity index (χ0) is 41.9. The molecule has 0 aromatic carbocycles. The number of carbonyl (C=O) groups excluding carboxylic acids is 4. The molecular formula is C48H110O15S4. The maximum atomic E-state index is 11.4. The first-order chi connectivity index (χ1) is 27.9. The first kappa shape index (κ1) is 92.7. The fraction of sp³-hybridized carbons (Fsp3) is 0.917. The van der Waals surface area contributed by atoms with Gasteiger partial charge in [0, 0.05) is 48.7 Å². The maximum Gasteiger partial charge on any atom is 0.188 e. The van der Waals surface area contributed by atoms with E-state index in [2.05, 4.69) is 0 Å². The third-order valence-corrected chi connectivity index (χ3v) is 10.9. The molecule has 0 N–H and O–H groups in total. The van der Waals surface area contributed by atoms with Crippen molar-refractivity contribution in [2.75, 3.05) is 155 Å². The molecule has 0 saturated heterocycles. The first-order valence-electron chi connectivity index (χ1n) is 19.9. The van der Waals surface area contributed by atoms with Crippen molar-refractivity contribution < 1.29 is 71.3 Å². The van der Waals surface area contributed by atoms with Crippen molar-refractivity contribution in [3.05, 3.63) is 0 Å². The number of ether oxygens (including phenoxy) is 11. The van der Waals surface area contributed by atoms with Gasteiger partial charge in [0.2, 0.25) is 0 Å². The summed E-state index contributed by atoms with van der Waals surface area (Å²) in [5, 5.41) is 0.611. The molecule has 0 atom stereocenters. The molecule has 15 nitrogen and oxygen atoms in total. The third kappa shape index (κ3) is 70.0. The van der Waals surface area contributed by atoms with Gasteiger partial charge in [-0.3, -0.25) is 19.2 Å². The Morgan fingerprint density at radius 1 is 0.284 bits per heavy atom. The van der Waals surface area contributed by atoms with Crippen LogP contribution in [0.15, 0.2) is 0 Å². The Bertz CT molecular complexity index is 823. The molecule has 0 rings (SSSR count). The minimum atomic E-state index is -0.331. The summed E-state index contributed by atoms with van der Waals surface area (Å²) in [4.78, 5) is 45.6. The monoisotopic (exact) mass is 1050 g/mol. The number of carbonyl (C=O) groups is 4. The van der Waals surface area contributed by atoms with Crippen LogP contribution in [0.2, 0.25) is 0 Å². The van der Waals surface area contributed by atoms with E-state index in [4.69, 9.17) is 52.1 Å². The van der Waals surface area contributed by atoms with E-state index in [0.717, 1.165) is 0 Å². The predicted molar refractivity (Wildman–Crippen MR) is 295 cm³/mol. The molecule has 416 valence electrons. The molecule has 0 saturated carbocycles. The highest BCUT2D eigenvalue weighted by Crippen LogP contribution is 2.07. The zero-order valence-corrected chi connectivity index (χ0v) is 38.0. The van der Waals surface area contributed by atoms with Gasteiger partial charge in [-0.2, -0.15) is 0 Å². The van der Waals surface area contributed by atoms with Gasteiger partial charge in [-0.1, -0.05) is 149 Å². The molecule has 0 spiro atoms. The van der Waals surface area contributed by atoms with Crippen molar-refractivity contribution in [2.45, 2.75) is 140 Å². The Hall–Kier alpha value is -0.360. The quantitative estimate of drug-likeness (QED) is 0.0528. The fourth-order valence-corrected chi connectivity index (χ4v) is 6.47. The van der Waals surface area contributed by atoms with E-state index in [1.807, 2.05) is 27.7 Å². The van der Waals surface area contributed by atoms with Gasteiger partial charge in [0.05, 0.1) is 132 Å². The molecule has 0 aromatic rings. The van der Waals surface area contributed by atoms with Gasteiger partial charge in [-0.05, 0) is 0 Å². The van der Waals surface area contributed by atoms with Crippen molar-refractivity contribution in [3.8, 4) is 0 Å². The van der Waals surface area contributed by atoms with E-state index in [-0.39, 0.29) is 107 Å². The summed E-state index contributed by atoms with van der Waals surface area (Å²) in [6.45, 7) is 15.0. The molecule has 0 radical (unpaired) electrons. The van der Waals surface area contributed by atoms with E-state index in [1.54, 1.807) is 0 Å². The van der Waals surface area contributed by atoms with Crippen molar-refractivity contribution in [3.63, 3.8) is 0 Å². The number of thioether (sulfide) groups is 4. The molecule has 0 aliphatic rings. The van der Waals surface area contributed by atoms with Gasteiger partial charge >= 0.3 is 0 Å². The van der Waals surface area contributed by atoms with E-state index in [1.165, 1.54) is 47.0 Å². The number of hydrogen-bond acceptors (Lipinski definition) is 19. The molecule has 0 unspecified atom stereocenters. The Balaban J connectivity index is -0.000000348. The second kappa shape index (κ2) is 74.6. The van der Waals surface area contributed by atoms with Crippen molar-refractivity contribution in [1.29, 1.82) is 0 Å². The van der Waals surface area contributed by atoms with E-state index >= 15 is 0 Å². The van der Waals surface area contributed by atoms with E-state index in [9.17, 15) is 19.2 Å². The highest BCUT2D eigenvalue weighted by Gasteiger charge is 2.13. The summed E-state index contributed by atoms with van der Waals surface area (Å²) in [6, 6.07) is 0. The summed E-state index contributed by atoms with van der Waals surface area (Å²) in [5.74, 6) is 2.48. The van der Waals surface area contributed by atoms with Gasteiger partial charge in [0.1, 0.15) is 12.2 Å². The lowest BCUT2D eigenvalue weighted by Crippen LogP contribution is -2.30. The molecule has 67 heavy (non-hydrogen) atoms. The molecule has 0 fully saturated rings. The maximum absolute atomic E-state index is 11.4. The SMILES string of the molecule is C.C.C.C.C.C.C.C.C.C.CCC(=O)SCCOCCOCC(COCCOCCSC(=O)CC)OCCOCCOC(COCCOCCSC(=O)CC)COCCOCCSC(=O)CC. The molecule has 0 heterocycles. The Morgan fingerprint density at radius 2 is 0.463 bits per heavy atom. The third-order valence-electron chi connectivity index (χ3n) is 6.98.